The molecule has 0 aliphatic heterocycles. The van der Waals surface area contributed by atoms with Crippen molar-refractivity contribution in [2.75, 3.05) is 6.61 Å². The number of pyridine rings is 1. The number of ether oxygens (including phenoxy) is 1. The van der Waals surface area contributed by atoms with Crippen molar-refractivity contribution in [1.29, 1.82) is 0 Å². The third kappa shape index (κ3) is 4.42. The van der Waals surface area contributed by atoms with Gasteiger partial charge in [-0.15, -0.1) is 5.92 Å². The van der Waals surface area contributed by atoms with E-state index in [2.05, 4.69) is 27.8 Å². The summed E-state index contributed by atoms with van der Waals surface area (Å²) < 4.78 is 32.6. The summed E-state index contributed by atoms with van der Waals surface area (Å²) in [6.07, 6.45) is -2.61. The summed E-state index contributed by atoms with van der Waals surface area (Å²) >= 11 is 3.40. The van der Waals surface area contributed by atoms with Crippen molar-refractivity contribution in [3.05, 3.63) is 51.2 Å². The summed E-state index contributed by atoms with van der Waals surface area (Å²) in [5, 5.41) is 0. The van der Waals surface area contributed by atoms with Crippen LogP contribution < -0.4 is 10.3 Å². The Hall–Kier alpha value is -2.13. The zero-order valence-electron chi connectivity index (χ0n) is 12.4. The Labute approximate surface area is 141 Å². The molecule has 0 N–H and O–H groups in total. The topological polar surface area (TPSA) is 31.2 Å². The second-order valence-corrected chi connectivity index (χ2v) is 5.46. The molecule has 0 saturated heterocycles. The minimum Gasteiger partial charge on any atom is -0.481 e. The van der Waals surface area contributed by atoms with Gasteiger partial charge in [0, 0.05) is 16.1 Å². The first kappa shape index (κ1) is 17.2. The first-order chi connectivity index (χ1) is 11.0. The van der Waals surface area contributed by atoms with Crippen LogP contribution in [0, 0.1) is 11.8 Å². The van der Waals surface area contributed by atoms with Crippen LogP contribution in [0.1, 0.15) is 6.92 Å². The van der Waals surface area contributed by atoms with Gasteiger partial charge in [0.05, 0.1) is 12.2 Å². The van der Waals surface area contributed by atoms with Crippen LogP contribution in [0.15, 0.2) is 45.7 Å². The SMILES string of the molecule is CC#CCOc1ccc(-c2cccc(=O)n2CC(F)F)c(Br)c1. The van der Waals surface area contributed by atoms with Crippen molar-refractivity contribution in [3.8, 4) is 28.8 Å². The number of aromatic nitrogens is 1. The molecule has 6 heteroatoms. The minimum atomic E-state index is -2.61. The standard InChI is InChI=1S/C17H14BrF2NO2/c1-2-3-9-23-12-7-8-13(14(18)10-12)15-5-4-6-17(22)21(15)11-16(19)20/h4-8,10,16H,9,11H2,1H3. The number of hydrogen-bond donors (Lipinski definition) is 0. The van der Waals surface area contributed by atoms with Gasteiger partial charge in [0.2, 0.25) is 0 Å². The van der Waals surface area contributed by atoms with Crippen LogP contribution in [0.5, 0.6) is 5.75 Å². The molecule has 0 fully saturated rings. The summed E-state index contributed by atoms with van der Waals surface area (Å²) in [6, 6.07) is 9.59. The number of halogens is 3. The molecule has 0 radical (unpaired) electrons. The normalized spacial score (nSPS) is 10.3. The summed E-state index contributed by atoms with van der Waals surface area (Å²) in [4.78, 5) is 11.9. The van der Waals surface area contributed by atoms with E-state index in [4.69, 9.17) is 4.74 Å². The highest BCUT2D eigenvalue weighted by Gasteiger charge is 2.13. The van der Waals surface area contributed by atoms with Gasteiger partial charge in [-0.3, -0.25) is 4.79 Å². The average molecular weight is 382 g/mol. The number of benzene rings is 1. The number of hydrogen-bond acceptors (Lipinski definition) is 2. The molecule has 0 spiro atoms. The van der Waals surface area contributed by atoms with Crippen molar-refractivity contribution in [2.24, 2.45) is 0 Å². The minimum absolute atomic E-state index is 0.268. The fourth-order valence-corrected chi connectivity index (χ4v) is 2.63. The third-order valence-corrected chi connectivity index (χ3v) is 3.73. The van der Waals surface area contributed by atoms with Crippen LogP contribution in [0.25, 0.3) is 11.3 Å². The lowest BCUT2D eigenvalue weighted by molar-refractivity contribution is 0.126. The number of alkyl halides is 2. The van der Waals surface area contributed by atoms with Crippen LogP contribution in [0.4, 0.5) is 8.78 Å². The van der Waals surface area contributed by atoms with E-state index in [0.29, 0.717) is 21.5 Å². The summed E-state index contributed by atoms with van der Waals surface area (Å²) in [7, 11) is 0. The van der Waals surface area contributed by atoms with Crippen molar-refractivity contribution in [1.82, 2.24) is 4.57 Å². The van der Waals surface area contributed by atoms with Gasteiger partial charge in [-0.05, 0) is 47.1 Å². The van der Waals surface area contributed by atoms with E-state index in [1.807, 2.05) is 0 Å². The molecule has 0 aliphatic carbocycles. The van der Waals surface area contributed by atoms with E-state index in [1.165, 1.54) is 6.07 Å². The highest BCUT2D eigenvalue weighted by molar-refractivity contribution is 9.10. The molecule has 0 saturated carbocycles. The lowest BCUT2D eigenvalue weighted by Gasteiger charge is -2.14. The molecule has 120 valence electrons. The number of rotatable bonds is 5. The lowest BCUT2D eigenvalue weighted by Crippen LogP contribution is -2.23. The predicted molar refractivity (Wildman–Crippen MR) is 88.8 cm³/mol. The van der Waals surface area contributed by atoms with Gasteiger partial charge in [-0.1, -0.05) is 12.0 Å². The molecule has 1 heterocycles. The molecule has 0 atom stereocenters. The monoisotopic (exact) mass is 381 g/mol. The molecule has 0 bridgehead atoms. The van der Waals surface area contributed by atoms with Crippen LogP contribution in [0.2, 0.25) is 0 Å². The second kappa shape index (κ2) is 7.93. The largest absolute Gasteiger partial charge is 0.481 e. The summed E-state index contributed by atoms with van der Waals surface area (Å²) in [5.41, 5.74) is 0.593. The Balaban J connectivity index is 2.40. The molecule has 2 rings (SSSR count). The van der Waals surface area contributed by atoms with Gasteiger partial charge in [-0.25, -0.2) is 8.78 Å². The first-order valence-electron chi connectivity index (χ1n) is 6.83. The Morgan fingerprint density at radius 3 is 2.74 bits per heavy atom. The van der Waals surface area contributed by atoms with Crippen LogP contribution in [0.3, 0.4) is 0 Å². The smallest absolute Gasteiger partial charge is 0.256 e. The van der Waals surface area contributed by atoms with Gasteiger partial charge in [0.1, 0.15) is 12.4 Å². The van der Waals surface area contributed by atoms with Crippen molar-refractivity contribution in [3.63, 3.8) is 0 Å². The van der Waals surface area contributed by atoms with Crippen molar-refractivity contribution >= 4 is 15.9 Å². The van der Waals surface area contributed by atoms with Gasteiger partial charge >= 0.3 is 0 Å². The molecule has 0 aliphatic rings. The Bertz CT molecular complexity index is 806. The highest BCUT2D eigenvalue weighted by atomic mass is 79.9. The quantitative estimate of drug-likeness (QED) is 0.734. The maximum Gasteiger partial charge on any atom is 0.256 e. The predicted octanol–water partition coefficient (Wildman–Crippen LogP) is 3.95. The van der Waals surface area contributed by atoms with Crippen LogP contribution in [-0.4, -0.2) is 17.6 Å². The van der Waals surface area contributed by atoms with Gasteiger partial charge < -0.3 is 9.30 Å². The third-order valence-electron chi connectivity index (χ3n) is 3.07. The summed E-state index contributed by atoms with van der Waals surface area (Å²) in [5.74, 6) is 6.11. The Morgan fingerprint density at radius 2 is 2.09 bits per heavy atom. The van der Waals surface area contributed by atoms with E-state index in [9.17, 15) is 13.6 Å². The fraction of sp³-hybridized carbons (Fsp3) is 0.235. The van der Waals surface area contributed by atoms with Crippen LogP contribution in [-0.2, 0) is 6.54 Å². The zero-order chi connectivity index (χ0) is 16.8. The lowest BCUT2D eigenvalue weighted by atomic mass is 10.1. The van der Waals surface area contributed by atoms with E-state index < -0.39 is 18.5 Å². The average Bonchev–Trinajstić information content (AvgIpc) is 2.50. The van der Waals surface area contributed by atoms with E-state index in [1.54, 1.807) is 37.3 Å². The number of nitrogens with zero attached hydrogens (tertiary/aromatic N) is 1. The molecule has 0 amide bonds. The Kier molecular flexibility index (Phi) is 5.94. The van der Waals surface area contributed by atoms with E-state index in [0.717, 1.165) is 4.57 Å². The van der Waals surface area contributed by atoms with Gasteiger partial charge in [-0.2, -0.15) is 0 Å². The van der Waals surface area contributed by atoms with E-state index >= 15 is 0 Å². The molecule has 2 aromatic rings. The van der Waals surface area contributed by atoms with Gasteiger partial charge in [0.15, 0.2) is 0 Å². The molecular weight excluding hydrogens is 368 g/mol. The maximum atomic E-state index is 12.7. The zero-order valence-corrected chi connectivity index (χ0v) is 13.9. The molecule has 3 nitrogen and oxygen atoms in total. The summed E-state index contributed by atoms with van der Waals surface area (Å²) in [6.45, 7) is 1.34. The molecule has 1 aromatic carbocycles. The molecule has 0 unspecified atom stereocenters. The van der Waals surface area contributed by atoms with Crippen molar-refractivity contribution in [2.45, 2.75) is 19.9 Å². The molecule has 23 heavy (non-hydrogen) atoms. The van der Waals surface area contributed by atoms with Crippen molar-refractivity contribution < 1.29 is 13.5 Å². The van der Waals surface area contributed by atoms with Crippen LogP contribution >= 0.6 is 15.9 Å². The molecular formula is C17H14BrF2NO2. The second-order valence-electron chi connectivity index (χ2n) is 4.61. The van der Waals surface area contributed by atoms with Gasteiger partial charge in [0.25, 0.3) is 12.0 Å². The Morgan fingerprint density at radius 1 is 1.30 bits per heavy atom. The first-order valence-corrected chi connectivity index (χ1v) is 7.62. The fourth-order valence-electron chi connectivity index (χ4n) is 2.07. The van der Waals surface area contributed by atoms with E-state index in [-0.39, 0.29) is 6.61 Å². The molecule has 1 aromatic heterocycles. The maximum absolute atomic E-state index is 12.7. The highest BCUT2D eigenvalue weighted by Crippen LogP contribution is 2.31.